The smallest absolute Gasteiger partial charge is 0.255 e. The first kappa shape index (κ1) is 12.6. The van der Waals surface area contributed by atoms with Crippen molar-refractivity contribution in [3.8, 4) is 11.9 Å². The number of ether oxygens (including phenoxy) is 1. The van der Waals surface area contributed by atoms with Gasteiger partial charge in [-0.1, -0.05) is 0 Å². The average Bonchev–Trinajstić information content (AvgIpc) is 2.48. The summed E-state index contributed by atoms with van der Waals surface area (Å²) in [6.45, 7) is 0. The highest BCUT2D eigenvalue weighted by atomic mass is 16.5. The zero-order valence-electron chi connectivity index (χ0n) is 10.3. The highest BCUT2D eigenvalue weighted by molar-refractivity contribution is 6.04. The Balaban J connectivity index is 2.09. The number of pyridine rings is 1. The highest BCUT2D eigenvalue weighted by Crippen LogP contribution is 2.12. The van der Waals surface area contributed by atoms with Crippen molar-refractivity contribution in [2.45, 2.75) is 0 Å². The van der Waals surface area contributed by atoms with Crippen molar-refractivity contribution in [3.63, 3.8) is 0 Å². The lowest BCUT2D eigenvalue weighted by atomic mass is 10.1. The minimum atomic E-state index is -0.253. The van der Waals surface area contributed by atoms with Gasteiger partial charge in [0.2, 0.25) is 5.88 Å². The fraction of sp³-hybridized carbons (Fsp3) is 0.0714. The highest BCUT2D eigenvalue weighted by Gasteiger charge is 2.06. The van der Waals surface area contributed by atoms with Crippen molar-refractivity contribution < 1.29 is 9.53 Å². The van der Waals surface area contributed by atoms with Gasteiger partial charge in [-0.2, -0.15) is 5.26 Å². The molecule has 0 aliphatic carbocycles. The summed E-state index contributed by atoms with van der Waals surface area (Å²) in [4.78, 5) is 15.9. The molecule has 2 aromatic rings. The monoisotopic (exact) mass is 253 g/mol. The number of amides is 1. The molecule has 0 aliphatic heterocycles. The molecular weight excluding hydrogens is 242 g/mol. The Morgan fingerprint density at radius 1 is 1.26 bits per heavy atom. The third-order valence-electron chi connectivity index (χ3n) is 2.48. The van der Waals surface area contributed by atoms with Crippen LogP contribution in [0.2, 0.25) is 0 Å². The van der Waals surface area contributed by atoms with Crippen molar-refractivity contribution in [3.05, 3.63) is 53.7 Å². The van der Waals surface area contributed by atoms with Crippen molar-refractivity contribution >= 4 is 11.6 Å². The molecule has 0 radical (unpaired) electrons. The maximum absolute atomic E-state index is 11.9. The molecule has 0 saturated heterocycles. The first-order valence-electron chi connectivity index (χ1n) is 5.54. The van der Waals surface area contributed by atoms with Gasteiger partial charge < -0.3 is 10.1 Å². The molecule has 19 heavy (non-hydrogen) atoms. The van der Waals surface area contributed by atoms with E-state index < -0.39 is 0 Å². The first-order chi connectivity index (χ1) is 9.22. The van der Waals surface area contributed by atoms with E-state index in [9.17, 15) is 4.79 Å². The van der Waals surface area contributed by atoms with Gasteiger partial charge in [-0.3, -0.25) is 4.79 Å². The van der Waals surface area contributed by atoms with Gasteiger partial charge in [-0.25, -0.2) is 4.98 Å². The summed E-state index contributed by atoms with van der Waals surface area (Å²) in [5.74, 6) is 0.229. The molecule has 5 nitrogen and oxygen atoms in total. The molecule has 0 aliphatic rings. The molecule has 1 aromatic carbocycles. The molecule has 1 amide bonds. The zero-order chi connectivity index (χ0) is 13.7. The van der Waals surface area contributed by atoms with Gasteiger partial charge in [-0.05, 0) is 30.3 Å². The minimum Gasteiger partial charge on any atom is -0.481 e. The maximum Gasteiger partial charge on any atom is 0.255 e. The van der Waals surface area contributed by atoms with Gasteiger partial charge in [0.1, 0.15) is 0 Å². The minimum absolute atomic E-state index is 0.253. The number of hydrogen-bond acceptors (Lipinski definition) is 4. The molecule has 1 heterocycles. The van der Waals surface area contributed by atoms with Gasteiger partial charge in [0.25, 0.3) is 5.91 Å². The predicted molar refractivity (Wildman–Crippen MR) is 69.9 cm³/mol. The molecule has 1 aromatic heterocycles. The lowest BCUT2D eigenvalue weighted by molar-refractivity contribution is 0.102. The Morgan fingerprint density at radius 2 is 2.00 bits per heavy atom. The number of nitrogens with one attached hydrogen (secondary N) is 1. The van der Waals surface area contributed by atoms with Crippen LogP contribution in [-0.4, -0.2) is 18.0 Å². The number of hydrogen-bond donors (Lipinski definition) is 1. The molecule has 2 rings (SSSR count). The second-order valence-corrected chi connectivity index (χ2v) is 3.73. The lowest BCUT2D eigenvalue weighted by Crippen LogP contribution is -2.11. The second-order valence-electron chi connectivity index (χ2n) is 3.73. The van der Waals surface area contributed by atoms with Crippen LogP contribution < -0.4 is 10.1 Å². The van der Waals surface area contributed by atoms with Crippen LogP contribution in [-0.2, 0) is 0 Å². The Bertz CT molecular complexity index is 613. The van der Waals surface area contributed by atoms with E-state index in [1.165, 1.54) is 13.3 Å². The van der Waals surface area contributed by atoms with Crippen molar-refractivity contribution in [1.82, 2.24) is 4.98 Å². The van der Waals surface area contributed by atoms with Crippen LogP contribution in [0, 0.1) is 11.3 Å². The van der Waals surface area contributed by atoms with E-state index in [4.69, 9.17) is 10.00 Å². The molecule has 0 unspecified atom stereocenters. The van der Waals surface area contributed by atoms with E-state index in [2.05, 4.69) is 10.3 Å². The quantitative estimate of drug-likeness (QED) is 0.910. The summed E-state index contributed by atoms with van der Waals surface area (Å²) in [6, 6.07) is 11.8. The van der Waals surface area contributed by atoms with E-state index >= 15 is 0 Å². The van der Waals surface area contributed by atoms with E-state index in [1.54, 1.807) is 36.4 Å². The van der Waals surface area contributed by atoms with Crippen LogP contribution in [0.1, 0.15) is 15.9 Å². The SMILES string of the molecule is COc1ccc(NC(=O)c2ccc(C#N)cc2)cn1. The summed E-state index contributed by atoms with van der Waals surface area (Å²) in [6.07, 6.45) is 1.51. The number of carbonyl (C=O) groups excluding carboxylic acids is 1. The number of benzene rings is 1. The Hall–Kier alpha value is -2.87. The third-order valence-corrected chi connectivity index (χ3v) is 2.48. The predicted octanol–water partition coefficient (Wildman–Crippen LogP) is 2.21. The number of nitrogens with zero attached hydrogens (tertiary/aromatic N) is 2. The topological polar surface area (TPSA) is 75.0 Å². The summed E-state index contributed by atoms with van der Waals surface area (Å²) < 4.78 is 4.93. The Kier molecular flexibility index (Phi) is 3.74. The van der Waals surface area contributed by atoms with Crippen LogP contribution in [0.3, 0.4) is 0 Å². The largest absolute Gasteiger partial charge is 0.481 e. The van der Waals surface area contributed by atoms with E-state index in [1.807, 2.05) is 6.07 Å². The molecule has 1 N–H and O–H groups in total. The molecule has 0 saturated carbocycles. The molecule has 94 valence electrons. The average molecular weight is 253 g/mol. The number of rotatable bonds is 3. The number of carbonyl (C=O) groups is 1. The Labute approximate surface area is 110 Å². The normalized spacial score (nSPS) is 9.47. The van der Waals surface area contributed by atoms with Crippen LogP contribution in [0.5, 0.6) is 5.88 Å². The van der Waals surface area contributed by atoms with E-state index in [0.717, 1.165) is 0 Å². The fourth-order valence-corrected chi connectivity index (χ4v) is 1.47. The summed E-state index contributed by atoms with van der Waals surface area (Å²) in [5.41, 5.74) is 1.58. The zero-order valence-corrected chi connectivity index (χ0v) is 10.3. The van der Waals surface area contributed by atoms with Gasteiger partial charge in [0.05, 0.1) is 30.6 Å². The number of anilines is 1. The molecule has 5 heteroatoms. The van der Waals surface area contributed by atoms with Gasteiger partial charge in [0.15, 0.2) is 0 Å². The summed E-state index contributed by atoms with van der Waals surface area (Å²) >= 11 is 0. The number of nitriles is 1. The maximum atomic E-state index is 11.9. The van der Waals surface area contributed by atoms with Crippen LogP contribution in [0.4, 0.5) is 5.69 Å². The second kappa shape index (κ2) is 5.65. The first-order valence-corrected chi connectivity index (χ1v) is 5.54. The molecular formula is C14H11N3O2. The van der Waals surface area contributed by atoms with Crippen LogP contribution in [0.25, 0.3) is 0 Å². The van der Waals surface area contributed by atoms with Gasteiger partial charge in [-0.15, -0.1) is 0 Å². The molecule has 0 bridgehead atoms. The van der Waals surface area contributed by atoms with E-state index in [-0.39, 0.29) is 5.91 Å². The van der Waals surface area contributed by atoms with Crippen molar-refractivity contribution in [2.75, 3.05) is 12.4 Å². The van der Waals surface area contributed by atoms with Crippen LogP contribution in [0.15, 0.2) is 42.6 Å². The third kappa shape index (κ3) is 3.07. The Morgan fingerprint density at radius 3 is 2.53 bits per heavy atom. The van der Waals surface area contributed by atoms with Crippen molar-refractivity contribution in [2.24, 2.45) is 0 Å². The number of methoxy groups -OCH3 is 1. The summed E-state index contributed by atoms with van der Waals surface area (Å²) in [7, 11) is 1.53. The lowest BCUT2D eigenvalue weighted by Gasteiger charge is -2.05. The fourth-order valence-electron chi connectivity index (χ4n) is 1.47. The molecule has 0 spiro atoms. The van der Waals surface area contributed by atoms with Crippen molar-refractivity contribution in [1.29, 1.82) is 5.26 Å². The van der Waals surface area contributed by atoms with Gasteiger partial charge in [0, 0.05) is 11.6 Å². The molecule has 0 atom stereocenters. The summed E-state index contributed by atoms with van der Waals surface area (Å²) in [5, 5.41) is 11.4. The van der Waals surface area contributed by atoms with Gasteiger partial charge >= 0.3 is 0 Å². The number of aromatic nitrogens is 1. The van der Waals surface area contributed by atoms with Crippen LogP contribution >= 0.6 is 0 Å². The molecule has 0 fully saturated rings. The van der Waals surface area contributed by atoms with E-state index in [0.29, 0.717) is 22.7 Å². The standard InChI is InChI=1S/C14H11N3O2/c1-19-13-7-6-12(9-16-13)17-14(18)11-4-2-10(8-15)3-5-11/h2-7,9H,1H3,(H,17,18).